The maximum absolute atomic E-state index is 13.2. The lowest BCUT2D eigenvalue weighted by atomic mass is 10.0. The number of sulfone groups is 1. The van der Waals surface area contributed by atoms with Crippen LogP contribution in [0.25, 0.3) is 0 Å². The molecule has 0 aromatic heterocycles. The van der Waals surface area contributed by atoms with Crippen molar-refractivity contribution in [2.75, 3.05) is 18.1 Å². The van der Waals surface area contributed by atoms with E-state index in [-0.39, 0.29) is 35.6 Å². The van der Waals surface area contributed by atoms with Gasteiger partial charge in [-0.25, -0.2) is 12.8 Å². The lowest BCUT2D eigenvalue weighted by Gasteiger charge is -2.22. The summed E-state index contributed by atoms with van der Waals surface area (Å²) >= 11 is 0. The van der Waals surface area contributed by atoms with Gasteiger partial charge in [-0.05, 0) is 37.0 Å². The summed E-state index contributed by atoms with van der Waals surface area (Å²) in [5.74, 6) is -0.178. The van der Waals surface area contributed by atoms with Crippen molar-refractivity contribution in [1.82, 2.24) is 4.90 Å². The van der Waals surface area contributed by atoms with Crippen LogP contribution in [0.1, 0.15) is 25.3 Å². The van der Waals surface area contributed by atoms with Crippen molar-refractivity contribution in [2.45, 2.75) is 26.3 Å². The van der Waals surface area contributed by atoms with Gasteiger partial charge in [0, 0.05) is 19.5 Å². The summed E-state index contributed by atoms with van der Waals surface area (Å²) in [5.41, 5.74) is 0.740. The molecule has 1 aliphatic heterocycles. The third-order valence-corrected chi connectivity index (χ3v) is 5.62. The van der Waals surface area contributed by atoms with Gasteiger partial charge in [-0.2, -0.15) is 0 Å². The van der Waals surface area contributed by atoms with Crippen LogP contribution in [0.15, 0.2) is 24.3 Å². The Morgan fingerprint density at radius 1 is 1.43 bits per heavy atom. The maximum Gasteiger partial charge on any atom is 0.223 e. The van der Waals surface area contributed by atoms with Crippen LogP contribution < -0.4 is 0 Å². The zero-order chi connectivity index (χ0) is 15.5. The fourth-order valence-electron chi connectivity index (χ4n) is 2.64. The third-order valence-electron chi connectivity index (χ3n) is 3.79. The van der Waals surface area contributed by atoms with E-state index in [0.29, 0.717) is 19.5 Å². The number of halogens is 1. The number of carbonyl (C=O) groups is 1. The summed E-state index contributed by atoms with van der Waals surface area (Å²) < 4.78 is 36.0. The summed E-state index contributed by atoms with van der Waals surface area (Å²) in [6.45, 7) is 2.74. The van der Waals surface area contributed by atoms with Gasteiger partial charge < -0.3 is 4.90 Å². The second-order valence-corrected chi connectivity index (χ2v) is 7.74. The molecule has 4 nitrogen and oxygen atoms in total. The van der Waals surface area contributed by atoms with Gasteiger partial charge in [-0.15, -0.1) is 0 Å². The van der Waals surface area contributed by atoms with Crippen molar-refractivity contribution in [3.63, 3.8) is 0 Å². The molecule has 1 aliphatic rings. The lowest BCUT2D eigenvalue weighted by Crippen LogP contribution is -2.32. The molecule has 1 amide bonds. The minimum Gasteiger partial charge on any atom is -0.339 e. The fourth-order valence-corrected chi connectivity index (χ4v) is 4.50. The van der Waals surface area contributed by atoms with Crippen LogP contribution >= 0.6 is 0 Å². The van der Waals surface area contributed by atoms with Gasteiger partial charge in [0.15, 0.2) is 9.84 Å². The summed E-state index contributed by atoms with van der Waals surface area (Å²) in [5, 5.41) is 0. The molecule has 21 heavy (non-hydrogen) atoms. The maximum atomic E-state index is 13.2. The number of nitrogens with zero attached hydrogens (tertiary/aromatic N) is 1. The molecule has 1 atom stereocenters. The normalized spacial score (nSPS) is 20.4. The van der Waals surface area contributed by atoms with E-state index in [1.807, 2.05) is 6.92 Å². The highest BCUT2D eigenvalue weighted by Crippen LogP contribution is 2.22. The van der Waals surface area contributed by atoms with Crippen LogP contribution in [-0.4, -0.2) is 37.3 Å². The smallest absolute Gasteiger partial charge is 0.223 e. The van der Waals surface area contributed by atoms with E-state index >= 15 is 0 Å². The first-order valence-electron chi connectivity index (χ1n) is 7.12. The Morgan fingerprint density at radius 3 is 2.76 bits per heavy atom. The van der Waals surface area contributed by atoms with Crippen LogP contribution in [-0.2, 0) is 21.2 Å². The van der Waals surface area contributed by atoms with Gasteiger partial charge >= 0.3 is 0 Å². The highest BCUT2D eigenvalue weighted by molar-refractivity contribution is 7.91. The molecule has 1 fully saturated rings. The average molecular weight is 313 g/mol. The zero-order valence-corrected chi connectivity index (χ0v) is 12.9. The first-order valence-corrected chi connectivity index (χ1v) is 8.94. The number of benzene rings is 1. The highest BCUT2D eigenvalue weighted by atomic mass is 32.2. The molecule has 1 aromatic carbocycles. The molecule has 1 saturated heterocycles. The van der Waals surface area contributed by atoms with Crippen LogP contribution in [0.3, 0.4) is 0 Å². The van der Waals surface area contributed by atoms with Gasteiger partial charge in [-0.3, -0.25) is 4.79 Å². The Kier molecular flexibility index (Phi) is 4.98. The van der Waals surface area contributed by atoms with Gasteiger partial charge in [0.05, 0.1) is 11.5 Å². The van der Waals surface area contributed by atoms with Crippen molar-refractivity contribution in [1.29, 1.82) is 0 Å². The van der Waals surface area contributed by atoms with Crippen molar-refractivity contribution in [2.24, 2.45) is 5.92 Å². The van der Waals surface area contributed by atoms with Crippen LogP contribution in [0.4, 0.5) is 4.39 Å². The first kappa shape index (κ1) is 15.9. The summed E-state index contributed by atoms with van der Waals surface area (Å²) in [7, 11) is -2.96. The summed E-state index contributed by atoms with van der Waals surface area (Å²) in [6, 6.07) is 6.17. The minimum atomic E-state index is -2.96. The number of carbonyl (C=O) groups excluding carboxylic acids is 1. The zero-order valence-electron chi connectivity index (χ0n) is 12.1. The summed E-state index contributed by atoms with van der Waals surface area (Å²) in [4.78, 5) is 13.9. The molecular weight excluding hydrogens is 293 g/mol. The van der Waals surface area contributed by atoms with Gasteiger partial charge in [0.1, 0.15) is 5.82 Å². The van der Waals surface area contributed by atoms with E-state index in [9.17, 15) is 17.6 Å². The van der Waals surface area contributed by atoms with Crippen LogP contribution in [0, 0.1) is 11.7 Å². The standard InChI is InChI=1S/C15H20FNO3S/c1-2-17(10-12-4-3-5-14(16)8-12)15(18)9-13-6-7-21(19,20)11-13/h3-5,8,13H,2,6-7,9-11H2,1H3. The van der Waals surface area contributed by atoms with Crippen molar-refractivity contribution >= 4 is 15.7 Å². The Balaban J connectivity index is 1.96. The largest absolute Gasteiger partial charge is 0.339 e. The van der Waals surface area contributed by atoms with Gasteiger partial charge in [0.2, 0.25) is 5.91 Å². The quantitative estimate of drug-likeness (QED) is 0.835. The highest BCUT2D eigenvalue weighted by Gasteiger charge is 2.30. The number of hydrogen-bond donors (Lipinski definition) is 0. The Morgan fingerprint density at radius 2 is 2.19 bits per heavy atom. The number of amides is 1. The predicted octanol–water partition coefficient (Wildman–Crippen LogP) is 2.00. The molecule has 0 bridgehead atoms. The predicted molar refractivity (Wildman–Crippen MR) is 78.9 cm³/mol. The summed E-state index contributed by atoms with van der Waals surface area (Å²) in [6.07, 6.45) is 0.813. The number of hydrogen-bond acceptors (Lipinski definition) is 3. The van der Waals surface area contributed by atoms with Crippen molar-refractivity contribution < 1.29 is 17.6 Å². The van der Waals surface area contributed by atoms with Crippen molar-refractivity contribution in [3.8, 4) is 0 Å². The molecule has 0 N–H and O–H groups in total. The van der Waals surface area contributed by atoms with E-state index in [4.69, 9.17) is 0 Å². The second-order valence-electron chi connectivity index (χ2n) is 5.51. The van der Waals surface area contributed by atoms with E-state index in [1.165, 1.54) is 12.1 Å². The minimum absolute atomic E-state index is 0.0659. The fraction of sp³-hybridized carbons (Fsp3) is 0.533. The van der Waals surface area contributed by atoms with Crippen LogP contribution in [0.2, 0.25) is 0 Å². The van der Waals surface area contributed by atoms with Crippen LogP contribution in [0.5, 0.6) is 0 Å². The molecule has 1 unspecified atom stereocenters. The molecular formula is C15H20FNO3S. The van der Waals surface area contributed by atoms with E-state index < -0.39 is 9.84 Å². The first-order chi connectivity index (χ1) is 9.89. The molecule has 0 aliphatic carbocycles. The average Bonchev–Trinajstić information content (AvgIpc) is 2.75. The second kappa shape index (κ2) is 6.56. The van der Waals surface area contributed by atoms with E-state index in [1.54, 1.807) is 17.0 Å². The molecule has 1 heterocycles. The van der Waals surface area contributed by atoms with Crippen molar-refractivity contribution in [3.05, 3.63) is 35.6 Å². The molecule has 0 radical (unpaired) electrons. The molecule has 116 valence electrons. The van der Waals surface area contributed by atoms with Gasteiger partial charge in [-0.1, -0.05) is 12.1 Å². The van der Waals surface area contributed by atoms with Gasteiger partial charge in [0.25, 0.3) is 0 Å². The Labute approximate surface area is 124 Å². The third kappa shape index (κ3) is 4.52. The SMILES string of the molecule is CCN(Cc1cccc(F)c1)C(=O)CC1CCS(=O)(=O)C1. The monoisotopic (exact) mass is 313 g/mol. The molecule has 0 saturated carbocycles. The topological polar surface area (TPSA) is 54.5 Å². The molecule has 6 heteroatoms. The van der Waals surface area contributed by atoms with E-state index in [2.05, 4.69) is 0 Å². The molecule has 1 aromatic rings. The van der Waals surface area contributed by atoms with E-state index in [0.717, 1.165) is 5.56 Å². The molecule has 2 rings (SSSR count). The molecule has 0 spiro atoms. The number of rotatable bonds is 5. The Bertz CT molecular complexity index is 615. The Hall–Kier alpha value is -1.43. The lowest BCUT2D eigenvalue weighted by molar-refractivity contribution is -0.132.